The highest BCUT2D eigenvalue weighted by molar-refractivity contribution is 9.10. The number of halogens is 1. The molecule has 0 saturated heterocycles. The van der Waals surface area contributed by atoms with Crippen molar-refractivity contribution in [3.05, 3.63) is 44.7 Å². The Morgan fingerprint density at radius 3 is 2.79 bits per heavy atom. The van der Waals surface area contributed by atoms with Crippen LogP contribution in [0.25, 0.3) is 11.0 Å². The average molecular weight is 253 g/mol. The molecule has 1 aromatic heterocycles. The number of aldehydes is 1. The highest BCUT2D eigenvalue weighted by Crippen LogP contribution is 2.17. The van der Waals surface area contributed by atoms with E-state index in [2.05, 4.69) is 15.9 Å². The molecule has 70 valence electrons. The van der Waals surface area contributed by atoms with E-state index in [1.165, 1.54) is 6.07 Å². The number of rotatable bonds is 1. The minimum Gasteiger partial charge on any atom is -0.453 e. The van der Waals surface area contributed by atoms with Crippen molar-refractivity contribution in [1.29, 1.82) is 0 Å². The molecule has 1 aromatic carbocycles. The highest BCUT2D eigenvalue weighted by atomic mass is 79.9. The molecule has 3 nitrogen and oxygen atoms in total. The largest absolute Gasteiger partial charge is 0.453 e. The van der Waals surface area contributed by atoms with Crippen LogP contribution in [0.3, 0.4) is 0 Å². The van der Waals surface area contributed by atoms with Gasteiger partial charge >= 0.3 is 0 Å². The van der Waals surface area contributed by atoms with Crippen LogP contribution < -0.4 is 5.43 Å². The quantitative estimate of drug-likeness (QED) is 0.733. The van der Waals surface area contributed by atoms with Crippen molar-refractivity contribution in [2.75, 3.05) is 0 Å². The first kappa shape index (κ1) is 9.15. The van der Waals surface area contributed by atoms with Crippen molar-refractivity contribution in [3.8, 4) is 0 Å². The molecule has 0 radical (unpaired) electrons. The van der Waals surface area contributed by atoms with Crippen LogP contribution in [0.15, 0.2) is 37.9 Å². The molecule has 1 heterocycles. The second-order valence-corrected chi connectivity index (χ2v) is 3.69. The third kappa shape index (κ3) is 1.48. The molecule has 0 spiro atoms. The van der Waals surface area contributed by atoms with Crippen LogP contribution in [0.4, 0.5) is 0 Å². The average Bonchev–Trinajstić information content (AvgIpc) is 2.19. The Bertz CT molecular complexity index is 557. The predicted molar refractivity (Wildman–Crippen MR) is 55.6 cm³/mol. The zero-order chi connectivity index (χ0) is 10.1. The summed E-state index contributed by atoms with van der Waals surface area (Å²) in [5.41, 5.74) is 0.206. The Morgan fingerprint density at radius 1 is 1.29 bits per heavy atom. The van der Waals surface area contributed by atoms with Crippen molar-refractivity contribution in [2.24, 2.45) is 0 Å². The summed E-state index contributed by atoms with van der Waals surface area (Å²) in [7, 11) is 0. The van der Waals surface area contributed by atoms with E-state index < -0.39 is 0 Å². The van der Waals surface area contributed by atoms with E-state index in [1.807, 2.05) is 0 Å². The molecule has 0 saturated carbocycles. The second kappa shape index (κ2) is 3.38. The Hall–Kier alpha value is -1.42. The molecule has 14 heavy (non-hydrogen) atoms. The van der Waals surface area contributed by atoms with E-state index in [9.17, 15) is 9.59 Å². The van der Waals surface area contributed by atoms with Gasteiger partial charge in [-0.05, 0) is 18.2 Å². The molecule has 4 heteroatoms. The first-order valence-electron chi connectivity index (χ1n) is 3.89. The van der Waals surface area contributed by atoms with Crippen LogP contribution in [-0.2, 0) is 0 Å². The van der Waals surface area contributed by atoms with Gasteiger partial charge in [0.2, 0.25) is 0 Å². The van der Waals surface area contributed by atoms with Gasteiger partial charge in [0, 0.05) is 10.5 Å². The summed E-state index contributed by atoms with van der Waals surface area (Å²) in [6.07, 6.45) is 0.517. The molecule has 0 unspecified atom stereocenters. The van der Waals surface area contributed by atoms with Gasteiger partial charge in [0.25, 0.3) is 0 Å². The fraction of sp³-hybridized carbons (Fsp3) is 0. The van der Waals surface area contributed by atoms with Crippen LogP contribution in [0.2, 0.25) is 0 Å². The molecule has 2 aromatic rings. The van der Waals surface area contributed by atoms with E-state index in [0.717, 1.165) is 4.47 Å². The number of carbonyl (C=O) groups excluding carboxylic acids is 1. The fourth-order valence-corrected chi connectivity index (χ4v) is 1.57. The number of benzene rings is 1. The highest BCUT2D eigenvalue weighted by Gasteiger charge is 2.03. The summed E-state index contributed by atoms with van der Waals surface area (Å²) in [6, 6.07) is 6.24. The maximum atomic E-state index is 11.5. The summed E-state index contributed by atoms with van der Waals surface area (Å²) in [6.45, 7) is 0. The molecule has 0 atom stereocenters. The smallest absolute Gasteiger partial charge is 0.193 e. The van der Waals surface area contributed by atoms with Crippen molar-refractivity contribution in [3.63, 3.8) is 0 Å². The van der Waals surface area contributed by atoms with Crippen LogP contribution in [0.5, 0.6) is 0 Å². The number of hydrogen-bond donors (Lipinski definition) is 0. The van der Waals surface area contributed by atoms with Gasteiger partial charge < -0.3 is 4.42 Å². The molecular formula is C10H5BrO3. The molecular weight excluding hydrogens is 248 g/mol. The summed E-state index contributed by atoms with van der Waals surface area (Å²) >= 11 is 3.25. The van der Waals surface area contributed by atoms with Crippen molar-refractivity contribution in [2.45, 2.75) is 0 Å². The third-order valence-electron chi connectivity index (χ3n) is 1.82. The fourth-order valence-electron chi connectivity index (χ4n) is 1.21. The summed E-state index contributed by atoms with van der Waals surface area (Å²) < 4.78 is 5.96. The Kier molecular flexibility index (Phi) is 2.21. The van der Waals surface area contributed by atoms with Gasteiger partial charge in [-0.2, -0.15) is 0 Å². The lowest BCUT2D eigenvalue weighted by Gasteiger charge is -1.97. The first-order chi connectivity index (χ1) is 6.70. The number of fused-ring (bicyclic) bond motifs is 1. The monoisotopic (exact) mass is 252 g/mol. The van der Waals surface area contributed by atoms with Gasteiger partial charge in [-0.25, -0.2) is 0 Å². The number of hydrogen-bond acceptors (Lipinski definition) is 3. The Morgan fingerprint density at radius 2 is 2.07 bits per heavy atom. The first-order valence-corrected chi connectivity index (χ1v) is 4.68. The van der Waals surface area contributed by atoms with Crippen LogP contribution >= 0.6 is 15.9 Å². The molecule has 0 aliphatic carbocycles. The van der Waals surface area contributed by atoms with E-state index in [4.69, 9.17) is 4.42 Å². The van der Waals surface area contributed by atoms with Gasteiger partial charge in [-0.1, -0.05) is 15.9 Å². The second-order valence-electron chi connectivity index (χ2n) is 2.77. The zero-order valence-electron chi connectivity index (χ0n) is 6.99. The third-order valence-corrected chi connectivity index (χ3v) is 2.32. The van der Waals surface area contributed by atoms with Crippen molar-refractivity contribution < 1.29 is 9.21 Å². The lowest BCUT2D eigenvalue weighted by molar-refractivity contribution is 0.110. The Balaban J connectivity index is 2.90. The minimum absolute atomic E-state index is 0.0461. The molecule has 0 amide bonds. The minimum atomic E-state index is -0.213. The van der Waals surface area contributed by atoms with E-state index in [0.29, 0.717) is 17.3 Å². The van der Waals surface area contributed by atoms with Gasteiger partial charge in [-0.3, -0.25) is 9.59 Å². The summed E-state index contributed by atoms with van der Waals surface area (Å²) in [5, 5.41) is 0.463. The molecule has 0 N–H and O–H groups in total. The molecule has 0 aliphatic heterocycles. The van der Waals surface area contributed by atoms with Crippen LogP contribution in [-0.4, -0.2) is 6.29 Å². The van der Waals surface area contributed by atoms with Gasteiger partial charge in [0.15, 0.2) is 17.5 Å². The van der Waals surface area contributed by atoms with Gasteiger partial charge in [0.05, 0.1) is 5.39 Å². The van der Waals surface area contributed by atoms with E-state index in [1.54, 1.807) is 18.2 Å². The molecule has 0 aliphatic rings. The van der Waals surface area contributed by atoms with Gasteiger partial charge in [-0.15, -0.1) is 0 Å². The van der Waals surface area contributed by atoms with Crippen LogP contribution in [0, 0.1) is 0 Å². The SMILES string of the molecule is O=Cc1cc(=O)c2cc(Br)ccc2o1. The maximum Gasteiger partial charge on any atom is 0.193 e. The van der Waals surface area contributed by atoms with Crippen LogP contribution in [0.1, 0.15) is 10.6 Å². The molecule has 2 rings (SSSR count). The molecule has 0 bridgehead atoms. The van der Waals surface area contributed by atoms with Crippen molar-refractivity contribution in [1.82, 2.24) is 0 Å². The normalized spacial score (nSPS) is 10.4. The van der Waals surface area contributed by atoms with Gasteiger partial charge in [0.1, 0.15) is 5.58 Å². The number of carbonyl (C=O) groups is 1. The van der Waals surface area contributed by atoms with Crippen molar-refractivity contribution >= 4 is 33.2 Å². The predicted octanol–water partition coefficient (Wildman–Crippen LogP) is 2.37. The van der Waals surface area contributed by atoms with E-state index in [-0.39, 0.29) is 11.2 Å². The maximum absolute atomic E-state index is 11.5. The Labute approximate surface area is 87.5 Å². The zero-order valence-corrected chi connectivity index (χ0v) is 8.58. The van der Waals surface area contributed by atoms with E-state index >= 15 is 0 Å². The summed E-state index contributed by atoms with van der Waals surface area (Å²) in [5.74, 6) is 0.0461. The lowest BCUT2D eigenvalue weighted by atomic mass is 10.2. The summed E-state index contributed by atoms with van der Waals surface area (Å²) in [4.78, 5) is 21.9. The lowest BCUT2D eigenvalue weighted by Crippen LogP contribution is -2.01. The topological polar surface area (TPSA) is 47.3 Å². The molecule has 0 fully saturated rings. The standard InChI is InChI=1S/C10H5BrO3/c11-6-1-2-10-8(3-6)9(13)4-7(5-12)14-10/h1-5H.